The topological polar surface area (TPSA) is 30.5 Å². The van der Waals surface area contributed by atoms with Gasteiger partial charge >= 0.3 is 0 Å². The van der Waals surface area contributed by atoms with Crippen molar-refractivity contribution in [3.8, 4) is 5.75 Å². The van der Waals surface area contributed by atoms with Crippen LogP contribution in [0.15, 0.2) is 18.2 Å². The lowest BCUT2D eigenvalue weighted by Gasteiger charge is -2.20. The summed E-state index contributed by atoms with van der Waals surface area (Å²) in [7, 11) is 3.68. The van der Waals surface area contributed by atoms with Gasteiger partial charge in [0.2, 0.25) is 0 Å². The van der Waals surface area contributed by atoms with Gasteiger partial charge in [0.15, 0.2) is 0 Å². The van der Waals surface area contributed by atoms with Crippen LogP contribution >= 0.6 is 11.6 Å². The Bertz CT molecular complexity index is 419. The van der Waals surface area contributed by atoms with Crippen molar-refractivity contribution in [1.29, 1.82) is 0 Å². The second kappa shape index (κ2) is 7.87. The largest absolute Gasteiger partial charge is 0.496 e. The Balaban J connectivity index is 1.93. The highest BCUT2D eigenvalue weighted by Gasteiger charge is 2.18. The lowest BCUT2D eigenvalue weighted by molar-refractivity contribution is 0.101. The molecular formula is C16H24ClNO2. The number of halogens is 1. The van der Waals surface area contributed by atoms with Crippen molar-refractivity contribution in [3.63, 3.8) is 0 Å². The second-order valence-corrected chi connectivity index (χ2v) is 5.73. The third-order valence-corrected chi connectivity index (χ3v) is 4.20. The predicted molar refractivity (Wildman–Crippen MR) is 82.6 cm³/mol. The molecule has 0 bridgehead atoms. The number of ether oxygens (including phenoxy) is 2. The average molecular weight is 298 g/mol. The van der Waals surface area contributed by atoms with E-state index in [2.05, 4.69) is 11.4 Å². The summed E-state index contributed by atoms with van der Waals surface area (Å²) in [6.45, 7) is 0.936. The monoisotopic (exact) mass is 297 g/mol. The van der Waals surface area contributed by atoms with Crippen LogP contribution in [0.25, 0.3) is 0 Å². The Hall–Kier alpha value is -0.770. The summed E-state index contributed by atoms with van der Waals surface area (Å²) in [6, 6.07) is 6.14. The first kappa shape index (κ1) is 15.6. The first-order valence-corrected chi connectivity index (χ1v) is 7.74. The number of benzene rings is 1. The van der Waals surface area contributed by atoms with E-state index in [4.69, 9.17) is 21.1 Å². The van der Waals surface area contributed by atoms with Gasteiger partial charge < -0.3 is 14.8 Å². The van der Waals surface area contributed by atoms with E-state index in [1.165, 1.54) is 18.4 Å². The summed E-state index contributed by atoms with van der Waals surface area (Å²) in [6.07, 6.45) is 6.28. The molecule has 0 aliphatic carbocycles. The van der Waals surface area contributed by atoms with Crippen molar-refractivity contribution in [3.05, 3.63) is 28.8 Å². The molecule has 1 aliphatic rings. The van der Waals surface area contributed by atoms with Gasteiger partial charge in [0.1, 0.15) is 5.75 Å². The maximum absolute atomic E-state index is 6.02. The van der Waals surface area contributed by atoms with E-state index in [0.717, 1.165) is 31.6 Å². The van der Waals surface area contributed by atoms with Crippen LogP contribution in [0, 0.1) is 0 Å². The molecule has 1 saturated heterocycles. The smallest absolute Gasteiger partial charge is 0.125 e. The molecule has 1 aromatic rings. The van der Waals surface area contributed by atoms with Gasteiger partial charge in [0, 0.05) is 23.2 Å². The molecule has 0 radical (unpaired) electrons. The van der Waals surface area contributed by atoms with Crippen LogP contribution in [-0.4, -0.2) is 26.9 Å². The molecule has 1 aliphatic heterocycles. The molecule has 0 spiro atoms. The quantitative estimate of drug-likeness (QED) is 0.826. The van der Waals surface area contributed by atoms with E-state index in [1.807, 2.05) is 19.2 Å². The predicted octanol–water partition coefficient (Wildman–Crippen LogP) is 3.96. The first-order valence-electron chi connectivity index (χ1n) is 7.37. The van der Waals surface area contributed by atoms with Crippen molar-refractivity contribution >= 4 is 11.6 Å². The first-order chi connectivity index (χ1) is 9.74. The molecule has 1 aromatic carbocycles. The lowest BCUT2D eigenvalue weighted by atomic mass is 9.98. The molecule has 0 amide bonds. The van der Waals surface area contributed by atoms with Gasteiger partial charge in [-0.15, -0.1) is 0 Å². The molecule has 20 heavy (non-hydrogen) atoms. The van der Waals surface area contributed by atoms with Gasteiger partial charge in [-0.3, -0.25) is 0 Å². The molecule has 2 atom stereocenters. The minimum absolute atomic E-state index is 0.295. The average Bonchev–Trinajstić information content (AvgIpc) is 2.97. The third-order valence-electron chi connectivity index (χ3n) is 3.96. The third kappa shape index (κ3) is 4.11. The summed E-state index contributed by atoms with van der Waals surface area (Å²) < 4.78 is 11.1. The van der Waals surface area contributed by atoms with E-state index >= 15 is 0 Å². The van der Waals surface area contributed by atoms with Crippen LogP contribution in [0.4, 0.5) is 0 Å². The maximum atomic E-state index is 6.02. The zero-order valence-electron chi connectivity index (χ0n) is 12.3. The standard InChI is InChI=1S/C16H24ClNO2/c1-18-15(7-3-5-13-6-4-10-20-13)14-9-8-12(17)11-16(14)19-2/h8-9,11,13,15,18H,3-7,10H2,1-2H3. The van der Waals surface area contributed by atoms with Crippen molar-refractivity contribution in [2.24, 2.45) is 0 Å². The molecule has 1 fully saturated rings. The summed E-state index contributed by atoms with van der Waals surface area (Å²) in [5, 5.41) is 4.08. The number of methoxy groups -OCH3 is 1. The fourth-order valence-electron chi connectivity index (χ4n) is 2.85. The molecule has 0 aromatic heterocycles. The number of hydrogen-bond acceptors (Lipinski definition) is 3. The zero-order chi connectivity index (χ0) is 14.4. The molecular weight excluding hydrogens is 274 g/mol. The Labute approximate surface area is 126 Å². The minimum atomic E-state index is 0.295. The highest BCUT2D eigenvalue weighted by molar-refractivity contribution is 6.30. The normalized spacial score (nSPS) is 20.1. The van der Waals surface area contributed by atoms with Gasteiger partial charge in [-0.2, -0.15) is 0 Å². The van der Waals surface area contributed by atoms with Crippen LogP contribution in [0.1, 0.15) is 43.7 Å². The zero-order valence-corrected chi connectivity index (χ0v) is 13.1. The molecule has 112 valence electrons. The minimum Gasteiger partial charge on any atom is -0.496 e. The Morgan fingerprint density at radius 3 is 3.00 bits per heavy atom. The Morgan fingerprint density at radius 2 is 2.35 bits per heavy atom. The van der Waals surface area contributed by atoms with Crippen LogP contribution in [0.5, 0.6) is 5.75 Å². The van der Waals surface area contributed by atoms with Crippen LogP contribution in [0.2, 0.25) is 5.02 Å². The van der Waals surface area contributed by atoms with Gasteiger partial charge in [0.25, 0.3) is 0 Å². The van der Waals surface area contributed by atoms with Gasteiger partial charge in [-0.25, -0.2) is 0 Å². The molecule has 2 unspecified atom stereocenters. The van der Waals surface area contributed by atoms with Crippen molar-refractivity contribution in [2.45, 2.75) is 44.2 Å². The molecule has 4 heteroatoms. The lowest BCUT2D eigenvalue weighted by Crippen LogP contribution is -2.18. The summed E-state index contributed by atoms with van der Waals surface area (Å²) in [5.41, 5.74) is 1.17. The van der Waals surface area contributed by atoms with Gasteiger partial charge in [0.05, 0.1) is 13.2 Å². The molecule has 1 heterocycles. The maximum Gasteiger partial charge on any atom is 0.125 e. The van der Waals surface area contributed by atoms with E-state index in [0.29, 0.717) is 17.2 Å². The summed E-state index contributed by atoms with van der Waals surface area (Å²) in [5.74, 6) is 0.856. The Kier molecular flexibility index (Phi) is 6.14. The van der Waals surface area contributed by atoms with Gasteiger partial charge in [-0.05, 0) is 51.3 Å². The number of nitrogens with one attached hydrogen (secondary N) is 1. The van der Waals surface area contributed by atoms with Crippen LogP contribution in [-0.2, 0) is 4.74 Å². The second-order valence-electron chi connectivity index (χ2n) is 5.29. The summed E-state index contributed by atoms with van der Waals surface area (Å²) in [4.78, 5) is 0. The highest BCUT2D eigenvalue weighted by atomic mass is 35.5. The van der Waals surface area contributed by atoms with Crippen molar-refractivity contribution in [1.82, 2.24) is 5.32 Å². The fraction of sp³-hybridized carbons (Fsp3) is 0.625. The molecule has 0 saturated carbocycles. The Morgan fingerprint density at radius 1 is 1.50 bits per heavy atom. The van der Waals surface area contributed by atoms with Crippen LogP contribution < -0.4 is 10.1 Å². The fourth-order valence-corrected chi connectivity index (χ4v) is 3.01. The molecule has 3 nitrogen and oxygen atoms in total. The highest BCUT2D eigenvalue weighted by Crippen LogP contribution is 2.31. The molecule has 2 rings (SSSR count). The van der Waals surface area contributed by atoms with Crippen molar-refractivity contribution in [2.75, 3.05) is 20.8 Å². The van der Waals surface area contributed by atoms with Gasteiger partial charge in [-0.1, -0.05) is 17.7 Å². The number of hydrogen-bond donors (Lipinski definition) is 1. The van der Waals surface area contributed by atoms with Crippen molar-refractivity contribution < 1.29 is 9.47 Å². The number of rotatable bonds is 7. The van der Waals surface area contributed by atoms with E-state index < -0.39 is 0 Å². The SMILES string of the molecule is CNC(CCCC1CCCO1)c1ccc(Cl)cc1OC. The van der Waals surface area contributed by atoms with E-state index in [1.54, 1.807) is 7.11 Å². The van der Waals surface area contributed by atoms with E-state index in [9.17, 15) is 0 Å². The van der Waals surface area contributed by atoms with E-state index in [-0.39, 0.29) is 0 Å². The summed E-state index contributed by atoms with van der Waals surface area (Å²) >= 11 is 6.02. The van der Waals surface area contributed by atoms with Crippen LogP contribution in [0.3, 0.4) is 0 Å². The molecule has 1 N–H and O–H groups in total.